The van der Waals surface area contributed by atoms with Crippen LogP contribution >= 0.6 is 0 Å². The molecule has 0 aromatic heterocycles. The summed E-state index contributed by atoms with van der Waals surface area (Å²) < 4.78 is 4.45. The minimum atomic E-state index is -0.981. The Balaban J connectivity index is 0. The van der Waals surface area contributed by atoms with Crippen LogP contribution in [0.3, 0.4) is 0 Å². The first-order chi connectivity index (χ1) is 5.08. The van der Waals surface area contributed by atoms with E-state index in [1.165, 1.54) is 7.11 Å². The van der Waals surface area contributed by atoms with Crippen molar-refractivity contribution in [1.29, 1.82) is 0 Å². The molecule has 4 nitrogen and oxygen atoms in total. The van der Waals surface area contributed by atoms with Crippen LogP contribution in [0.15, 0.2) is 12.7 Å². The van der Waals surface area contributed by atoms with Crippen molar-refractivity contribution in [3.8, 4) is 0 Å². The van der Waals surface area contributed by atoms with E-state index in [4.69, 9.17) is 10.2 Å². The molecule has 0 saturated heterocycles. The summed E-state index contributed by atoms with van der Waals surface area (Å²) in [6.07, 6.45) is 0.932. The van der Waals surface area contributed by atoms with Gasteiger partial charge < -0.3 is 14.9 Å². The van der Waals surface area contributed by atoms with Crippen LogP contribution in [0.1, 0.15) is 13.3 Å². The monoisotopic (exact) mass is 162 g/mol. The van der Waals surface area contributed by atoms with Crippen molar-refractivity contribution in [2.24, 2.45) is 0 Å². The summed E-state index contributed by atoms with van der Waals surface area (Å²) in [5, 5.41) is 16.0. The van der Waals surface area contributed by atoms with Gasteiger partial charge in [-0.1, -0.05) is 13.5 Å². The van der Waals surface area contributed by atoms with Gasteiger partial charge in [0.2, 0.25) is 0 Å². The highest BCUT2D eigenvalue weighted by Crippen LogP contribution is 1.85. The Morgan fingerprint density at radius 2 is 2.18 bits per heavy atom. The molecule has 0 aliphatic rings. The third-order valence-corrected chi connectivity index (χ3v) is 0.796. The lowest BCUT2D eigenvalue weighted by Gasteiger charge is -2.00. The summed E-state index contributed by atoms with van der Waals surface area (Å²) in [4.78, 5) is 9.25. The molecule has 1 unspecified atom stereocenters. The summed E-state index contributed by atoms with van der Waals surface area (Å²) in [5.41, 5.74) is 0. The third-order valence-electron chi connectivity index (χ3n) is 0.796. The zero-order valence-electron chi connectivity index (χ0n) is 6.78. The predicted molar refractivity (Wildman–Crippen MR) is 41.1 cm³/mol. The number of carbonyl (C=O) groups is 1. The van der Waals surface area contributed by atoms with Gasteiger partial charge in [0.15, 0.2) is 6.29 Å². The number of ether oxygens (including phenoxy) is 1. The van der Waals surface area contributed by atoms with Crippen molar-refractivity contribution in [3.05, 3.63) is 12.7 Å². The molecule has 4 heteroatoms. The van der Waals surface area contributed by atoms with Crippen molar-refractivity contribution >= 4 is 5.97 Å². The van der Waals surface area contributed by atoms with E-state index in [0.717, 1.165) is 6.08 Å². The summed E-state index contributed by atoms with van der Waals surface area (Å²) in [6, 6.07) is 0. The Kier molecular flexibility index (Phi) is 10.6. The predicted octanol–water partition coefficient (Wildman–Crippen LogP) is 0.618. The van der Waals surface area contributed by atoms with E-state index < -0.39 is 12.3 Å². The first kappa shape index (κ1) is 12.8. The molecule has 0 saturated carbocycles. The van der Waals surface area contributed by atoms with Crippen molar-refractivity contribution in [2.75, 3.05) is 7.11 Å². The smallest absolute Gasteiger partial charge is 0.327 e. The Hall–Kier alpha value is -0.870. The molecule has 0 bridgehead atoms. The Labute approximate surface area is 66.1 Å². The van der Waals surface area contributed by atoms with Gasteiger partial charge in [-0.15, -0.1) is 0 Å². The molecule has 66 valence electrons. The van der Waals surface area contributed by atoms with Gasteiger partial charge in [0.1, 0.15) is 0 Å². The minimum Gasteiger partial charge on any atom is -0.478 e. The number of hydrogen-bond acceptors (Lipinski definition) is 3. The first-order valence-corrected chi connectivity index (χ1v) is 3.14. The van der Waals surface area contributed by atoms with Gasteiger partial charge in [-0.3, -0.25) is 0 Å². The maximum atomic E-state index is 9.25. The third kappa shape index (κ3) is 17.6. The molecule has 0 spiro atoms. The molecule has 0 aromatic carbocycles. The van der Waals surface area contributed by atoms with E-state index in [1.54, 1.807) is 0 Å². The molecule has 0 fully saturated rings. The number of aliphatic hydroxyl groups excluding tert-OH is 1. The van der Waals surface area contributed by atoms with Gasteiger partial charge in [0, 0.05) is 13.2 Å². The summed E-state index contributed by atoms with van der Waals surface area (Å²) in [7, 11) is 1.48. The van der Waals surface area contributed by atoms with Crippen LogP contribution in [0.5, 0.6) is 0 Å². The summed E-state index contributed by atoms with van der Waals surface area (Å²) in [6.45, 7) is 4.82. The fourth-order valence-corrected chi connectivity index (χ4v) is 0.167. The average Bonchev–Trinajstić information content (AvgIpc) is 2.04. The van der Waals surface area contributed by atoms with E-state index in [9.17, 15) is 4.79 Å². The van der Waals surface area contributed by atoms with Crippen LogP contribution in [0, 0.1) is 0 Å². The molecule has 11 heavy (non-hydrogen) atoms. The SMILES string of the molecule is C=CC(=O)O.CCC(O)OC. The lowest BCUT2D eigenvalue weighted by atomic mass is 10.5. The van der Waals surface area contributed by atoms with Crippen LogP contribution in [0.2, 0.25) is 0 Å². The highest BCUT2D eigenvalue weighted by Gasteiger charge is 1.90. The van der Waals surface area contributed by atoms with Crippen molar-refractivity contribution in [2.45, 2.75) is 19.6 Å². The Bertz CT molecular complexity index is 107. The van der Waals surface area contributed by atoms with Gasteiger partial charge in [-0.2, -0.15) is 0 Å². The number of aliphatic hydroxyl groups is 1. The molecule has 0 heterocycles. The van der Waals surface area contributed by atoms with Gasteiger partial charge in [0.25, 0.3) is 0 Å². The second-order valence-corrected chi connectivity index (χ2v) is 1.64. The van der Waals surface area contributed by atoms with E-state index in [2.05, 4.69) is 11.3 Å². The quantitative estimate of drug-likeness (QED) is 0.471. The molecule has 0 radical (unpaired) electrons. The second-order valence-electron chi connectivity index (χ2n) is 1.64. The van der Waals surface area contributed by atoms with Crippen LogP contribution in [-0.4, -0.2) is 29.6 Å². The topological polar surface area (TPSA) is 66.8 Å². The lowest BCUT2D eigenvalue weighted by Crippen LogP contribution is -2.05. The number of rotatable bonds is 3. The Morgan fingerprint density at radius 1 is 1.82 bits per heavy atom. The lowest BCUT2D eigenvalue weighted by molar-refractivity contribution is -0.131. The van der Waals surface area contributed by atoms with Crippen molar-refractivity contribution in [1.82, 2.24) is 0 Å². The molecule has 0 aliphatic carbocycles. The number of methoxy groups -OCH3 is 1. The van der Waals surface area contributed by atoms with Crippen LogP contribution in [-0.2, 0) is 9.53 Å². The van der Waals surface area contributed by atoms with Gasteiger partial charge >= 0.3 is 5.97 Å². The molecule has 0 aliphatic heterocycles. The molecule has 2 N–H and O–H groups in total. The van der Waals surface area contributed by atoms with Crippen LogP contribution in [0.4, 0.5) is 0 Å². The molecular formula is C7H14O4. The molecule has 0 rings (SSSR count). The second kappa shape index (κ2) is 9.13. The number of hydrogen-bond donors (Lipinski definition) is 2. The standard InChI is InChI=1S/C4H10O2.C3H4O2/c1-3-4(5)6-2;1-2-3(4)5/h4-5H,3H2,1-2H3;2H,1H2,(H,4,5). The molecule has 0 amide bonds. The van der Waals surface area contributed by atoms with E-state index in [1.807, 2.05) is 6.92 Å². The molecule has 1 atom stereocenters. The van der Waals surface area contributed by atoms with Crippen molar-refractivity contribution < 1.29 is 19.7 Å². The highest BCUT2D eigenvalue weighted by molar-refractivity contribution is 5.78. The molecular weight excluding hydrogens is 148 g/mol. The van der Waals surface area contributed by atoms with E-state index in [-0.39, 0.29) is 0 Å². The fraction of sp³-hybridized carbons (Fsp3) is 0.571. The minimum absolute atomic E-state index is 0.565. The number of carboxylic acids is 1. The normalized spacial score (nSPS) is 10.8. The maximum absolute atomic E-state index is 9.25. The van der Waals surface area contributed by atoms with Crippen LogP contribution in [0.25, 0.3) is 0 Å². The Morgan fingerprint density at radius 3 is 2.18 bits per heavy atom. The van der Waals surface area contributed by atoms with Crippen LogP contribution < -0.4 is 0 Å². The van der Waals surface area contributed by atoms with E-state index in [0.29, 0.717) is 6.42 Å². The summed E-state index contributed by atoms with van der Waals surface area (Å²) >= 11 is 0. The first-order valence-electron chi connectivity index (χ1n) is 3.14. The number of aliphatic carboxylic acids is 1. The summed E-state index contributed by atoms with van der Waals surface area (Å²) in [5.74, 6) is -0.981. The highest BCUT2D eigenvalue weighted by atomic mass is 16.6. The van der Waals surface area contributed by atoms with Gasteiger partial charge in [0.05, 0.1) is 0 Å². The molecule has 0 aromatic rings. The van der Waals surface area contributed by atoms with Crippen molar-refractivity contribution in [3.63, 3.8) is 0 Å². The van der Waals surface area contributed by atoms with Gasteiger partial charge in [-0.05, 0) is 6.42 Å². The maximum Gasteiger partial charge on any atom is 0.327 e. The zero-order valence-corrected chi connectivity index (χ0v) is 6.78. The average molecular weight is 162 g/mol. The largest absolute Gasteiger partial charge is 0.478 e. The van der Waals surface area contributed by atoms with Gasteiger partial charge in [-0.25, -0.2) is 4.79 Å². The zero-order chi connectivity index (χ0) is 9.28. The van der Waals surface area contributed by atoms with E-state index >= 15 is 0 Å². The number of carboxylic acid groups (broad SMARTS) is 1. The fourth-order valence-electron chi connectivity index (χ4n) is 0.167.